The van der Waals surface area contributed by atoms with Gasteiger partial charge in [-0.3, -0.25) is 0 Å². The van der Waals surface area contributed by atoms with Crippen molar-refractivity contribution >= 4 is 51.3 Å². The van der Waals surface area contributed by atoms with Crippen LogP contribution in [0.1, 0.15) is 12.5 Å². The maximum absolute atomic E-state index is 10.5. The third kappa shape index (κ3) is 1.85. The van der Waals surface area contributed by atoms with E-state index in [1.54, 1.807) is 18.1 Å². The molecule has 2 aliphatic rings. The van der Waals surface area contributed by atoms with E-state index in [0.29, 0.717) is 20.8 Å². The number of thioether (sulfide) groups is 1. The summed E-state index contributed by atoms with van der Waals surface area (Å²) in [5.74, 6) is 1.44. The van der Waals surface area contributed by atoms with Crippen LogP contribution in [0.25, 0.3) is 11.2 Å². The van der Waals surface area contributed by atoms with Crippen LogP contribution in [0.15, 0.2) is 6.33 Å². The van der Waals surface area contributed by atoms with Crippen molar-refractivity contribution in [3.8, 4) is 0 Å². The van der Waals surface area contributed by atoms with E-state index in [-0.39, 0.29) is 17.4 Å². The molecule has 4 rings (SSSR count). The Hall–Kier alpha value is -0.650. The highest BCUT2D eigenvalue weighted by Crippen LogP contribution is 2.68. The molecule has 0 aliphatic heterocycles. The highest BCUT2D eigenvalue weighted by Gasteiger charge is 2.71. The van der Waals surface area contributed by atoms with E-state index in [2.05, 4.69) is 15.0 Å². The quantitative estimate of drug-likeness (QED) is 0.482. The molecule has 9 heteroatoms. The molecular weight excluding hydrogens is 417 g/mol. The van der Waals surface area contributed by atoms with Gasteiger partial charge in [0.25, 0.3) is 0 Å². The van der Waals surface area contributed by atoms with Crippen LogP contribution in [-0.2, 0) is 0 Å². The number of hydrogen-bond donors (Lipinski definition) is 3. The molecule has 0 bridgehead atoms. The Bertz CT molecular complexity index is 755. The van der Waals surface area contributed by atoms with Crippen LogP contribution >= 0.6 is 34.4 Å². The van der Waals surface area contributed by atoms with Gasteiger partial charge in [0, 0.05) is 33.8 Å². The van der Waals surface area contributed by atoms with Gasteiger partial charge in [-0.15, -0.1) is 0 Å². The number of nitrogens with two attached hydrogens (primary N) is 1. The maximum Gasteiger partial charge on any atom is 0.194 e. The third-order valence-electron chi connectivity index (χ3n) is 5.01. The summed E-state index contributed by atoms with van der Waals surface area (Å²) < 4.78 is 2.41. The second-order valence-corrected chi connectivity index (χ2v) is 7.94. The Kier molecular flexibility index (Phi) is 3.34. The number of anilines is 1. The van der Waals surface area contributed by atoms with E-state index >= 15 is 0 Å². The highest BCUT2D eigenvalue weighted by molar-refractivity contribution is 14.1. The summed E-state index contributed by atoms with van der Waals surface area (Å²) in [5.41, 5.74) is 6.90. The number of imidazole rings is 1. The Morgan fingerprint density at radius 1 is 1.50 bits per heavy atom. The van der Waals surface area contributed by atoms with Crippen LogP contribution in [0.4, 0.5) is 5.82 Å². The summed E-state index contributed by atoms with van der Waals surface area (Å²) in [6, 6.07) is -0.211. The normalized spacial score (nSPS) is 36.7. The largest absolute Gasteiger partial charge is 0.390 e. The summed E-state index contributed by atoms with van der Waals surface area (Å²) in [6.07, 6.45) is 3.09. The standard InChI is InChI=1S/C13H16IN5O2S/c1-22-3-13-2-5(13)7(8(20)9(13)21)19-4-16-6-10(15)17-12(14)18-11(6)19/h4-5,7-9,20-21H,2-3H2,1H3,(H2,15,17,18)/t5-,7-,8+,9+,13+/m1/s1. The van der Waals surface area contributed by atoms with Crippen LogP contribution in [0.5, 0.6) is 0 Å². The first-order valence-corrected chi connectivity index (χ1v) is 9.47. The number of fused-ring (bicyclic) bond motifs is 2. The van der Waals surface area contributed by atoms with Crippen molar-refractivity contribution in [3.63, 3.8) is 0 Å². The molecule has 0 unspecified atom stereocenters. The number of aliphatic hydroxyl groups excluding tert-OH is 2. The summed E-state index contributed by atoms with van der Waals surface area (Å²) in [6.45, 7) is 0. The van der Waals surface area contributed by atoms with E-state index in [4.69, 9.17) is 5.73 Å². The number of nitrogens with zero attached hydrogens (tertiary/aromatic N) is 4. The van der Waals surface area contributed by atoms with Gasteiger partial charge in [-0.05, 0) is 18.6 Å². The minimum atomic E-state index is -0.808. The number of rotatable bonds is 3. The van der Waals surface area contributed by atoms with Gasteiger partial charge < -0.3 is 20.5 Å². The van der Waals surface area contributed by atoms with Crippen molar-refractivity contribution in [2.45, 2.75) is 24.7 Å². The molecule has 2 aliphatic carbocycles. The van der Waals surface area contributed by atoms with Crippen molar-refractivity contribution in [2.75, 3.05) is 17.7 Å². The monoisotopic (exact) mass is 433 g/mol. The zero-order chi connectivity index (χ0) is 15.6. The molecule has 2 aromatic rings. The van der Waals surface area contributed by atoms with Gasteiger partial charge in [0.2, 0.25) is 0 Å². The SMILES string of the molecule is CSC[C@@]12C[C@@H]1[C@@H](n1cnc3c(N)nc(I)nc31)[C@H](O)[C@@H]2O. The molecule has 118 valence electrons. The minimum Gasteiger partial charge on any atom is -0.390 e. The minimum absolute atomic E-state index is 0.175. The molecule has 2 saturated carbocycles. The molecule has 4 N–H and O–H groups in total. The molecule has 0 aromatic carbocycles. The first kappa shape index (κ1) is 14.9. The van der Waals surface area contributed by atoms with Gasteiger partial charge >= 0.3 is 0 Å². The fourth-order valence-corrected chi connectivity index (χ4v) is 5.45. The van der Waals surface area contributed by atoms with Gasteiger partial charge in [0.15, 0.2) is 15.3 Å². The highest BCUT2D eigenvalue weighted by atomic mass is 127. The fourth-order valence-electron chi connectivity index (χ4n) is 3.92. The van der Waals surface area contributed by atoms with Crippen LogP contribution in [0.2, 0.25) is 0 Å². The van der Waals surface area contributed by atoms with Gasteiger partial charge in [0.05, 0.1) is 18.5 Å². The average Bonchev–Trinajstić information content (AvgIpc) is 2.95. The zero-order valence-electron chi connectivity index (χ0n) is 11.8. The van der Waals surface area contributed by atoms with Crippen molar-refractivity contribution in [1.29, 1.82) is 0 Å². The molecule has 0 spiro atoms. The summed E-state index contributed by atoms with van der Waals surface area (Å²) in [4.78, 5) is 12.8. The molecule has 22 heavy (non-hydrogen) atoms. The smallest absolute Gasteiger partial charge is 0.194 e. The van der Waals surface area contributed by atoms with Crippen molar-refractivity contribution < 1.29 is 10.2 Å². The molecule has 2 heterocycles. The summed E-state index contributed by atoms with van der Waals surface area (Å²) in [5, 5.41) is 21.0. The van der Waals surface area contributed by atoms with Crippen LogP contribution in [0, 0.1) is 15.2 Å². The number of hydrogen-bond acceptors (Lipinski definition) is 7. The van der Waals surface area contributed by atoms with Gasteiger partial charge in [-0.25, -0.2) is 15.0 Å². The Morgan fingerprint density at radius 2 is 2.27 bits per heavy atom. The maximum atomic E-state index is 10.5. The summed E-state index contributed by atoms with van der Waals surface area (Å²) in [7, 11) is 0. The second kappa shape index (κ2) is 4.92. The lowest BCUT2D eigenvalue weighted by Gasteiger charge is -2.23. The molecule has 2 fully saturated rings. The molecule has 0 amide bonds. The predicted molar refractivity (Wildman–Crippen MR) is 92.4 cm³/mol. The van der Waals surface area contributed by atoms with E-state index in [1.807, 2.05) is 33.4 Å². The topological polar surface area (TPSA) is 110 Å². The van der Waals surface area contributed by atoms with Crippen LogP contribution in [-0.4, -0.2) is 53.9 Å². The zero-order valence-corrected chi connectivity index (χ0v) is 14.8. The molecule has 7 nitrogen and oxygen atoms in total. The average molecular weight is 433 g/mol. The number of aliphatic hydroxyl groups is 2. The summed E-state index contributed by atoms with van der Waals surface area (Å²) >= 11 is 3.72. The number of halogens is 1. The fraction of sp³-hybridized carbons (Fsp3) is 0.615. The number of nitrogen functional groups attached to an aromatic ring is 1. The van der Waals surface area contributed by atoms with E-state index in [1.165, 1.54) is 0 Å². The third-order valence-corrected chi connectivity index (χ3v) is 6.32. The van der Waals surface area contributed by atoms with E-state index in [9.17, 15) is 10.2 Å². The molecule has 2 aromatic heterocycles. The Labute approximate surface area is 144 Å². The molecule has 5 atom stereocenters. The van der Waals surface area contributed by atoms with Gasteiger partial charge in [-0.1, -0.05) is 0 Å². The van der Waals surface area contributed by atoms with Crippen LogP contribution in [0.3, 0.4) is 0 Å². The van der Waals surface area contributed by atoms with Crippen molar-refractivity contribution in [3.05, 3.63) is 10.2 Å². The van der Waals surface area contributed by atoms with Crippen molar-refractivity contribution in [1.82, 2.24) is 19.5 Å². The Balaban J connectivity index is 1.80. The predicted octanol–water partition coefficient (Wildman–Crippen LogP) is 0.659. The lowest BCUT2D eigenvalue weighted by Crippen LogP contribution is -2.35. The van der Waals surface area contributed by atoms with Gasteiger partial charge in [-0.2, -0.15) is 11.8 Å². The lowest BCUT2D eigenvalue weighted by atomic mass is 10.0. The second-order valence-electron chi connectivity index (χ2n) is 6.10. The van der Waals surface area contributed by atoms with E-state index < -0.39 is 12.2 Å². The van der Waals surface area contributed by atoms with E-state index in [0.717, 1.165) is 12.2 Å². The first-order chi connectivity index (χ1) is 10.5. The van der Waals surface area contributed by atoms with Crippen molar-refractivity contribution in [2.24, 2.45) is 11.3 Å². The Morgan fingerprint density at radius 3 is 3.00 bits per heavy atom. The lowest BCUT2D eigenvalue weighted by molar-refractivity contribution is -0.0126. The molecular formula is C13H16IN5O2S. The molecule has 0 radical (unpaired) electrons. The van der Waals surface area contributed by atoms with Gasteiger partial charge in [0.1, 0.15) is 11.6 Å². The first-order valence-electron chi connectivity index (χ1n) is 7.00. The number of aromatic nitrogens is 4. The van der Waals surface area contributed by atoms with Crippen LogP contribution < -0.4 is 5.73 Å². The molecule has 0 saturated heterocycles.